The Labute approximate surface area is 97.8 Å². The maximum Gasteiger partial charge on any atom is 0.119 e. The molecule has 2 heteroatoms. The predicted molar refractivity (Wildman–Crippen MR) is 66.8 cm³/mol. The monoisotopic (exact) mass is 219 g/mol. The van der Waals surface area contributed by atoms with Gasteiger partial charge in [0.2, 0.25) is 0 Å². The van der Waals surface area contributed by atoms with E-state index in [1.807, 2.05) is 0 Å². The summed E-state index contributed by atoms with van der Waals surface area (Å²) in [5.41, 5.74) is 8.77. The van der Waals surface area contributed by atoms with Gasteiger partial charge >= 0.3 is 0 Å². The molecule has 0 amide bonds. The van der Waals surface area contributed by atoms with Gasteiger partial charge in [-0.2, -0.15) is 0 Å². The minimum Gasteiger partial charge on any atom is -0.493 e. The van der Waals surface area contributed by atoms with Crippen LogP contribution in [0.5, 0.6) is 5.75 Å². The van der Waals surface area contributed by atoms with Gasteiger partial charge in [-0.15, -0.1) is 0 Å². The number of ether oxygens (including phenoxy) is 1. The van der Waals surface area contributed by atoms with Gasteiger partial charge in [-0.3, -0.25) is 0 Å². The van der Waals surface area contributed by atoms with Crippen LogP contribution in [-0.2, 0) is 12.8 Å². The second-order valence-electron chi connectivity index (χ2n) is 5.14. The van der Waals surface area contributed by atoms with Crippen molar-refractivity contribution in [2.45, 2.75) is 39.2 Å². The molecular formula is C14H21NO. The van der Waals surface area contributed by atoms with Crippen LogP contribution in [-0.4, -0.2) is 12.6 Å². The van der Waals surface area contributed by atoms with E-state index in [4.69, 9.17) is 10.5 Å². The van der Waals surface area contributed by atoms with E-state index >= 15 is 0 Å². The van der Waals surface area contributed by atoms with Gasteiger partial charge in [-0.05, 0) is 48.4 Å². The summed E-state index contributed by atoms with van der Waals surface area (Å²) < 4.78 is 5.73. The molecule has 0 fully saturated rings. The smallest absolute Gasteiger partial charge is 0.119 e. The maximum atomic E-state index is 5.95. The lowest BCUT2D eigenvalue weighted by Gasteiger charge is -2.22. The van der Waals surface area contributed by atoms with E-state index in [-0.39, 0.29) is 0 Å². The van der Waals surface area contributed by atoms with Gasteiger partial charge in [-0.1, -0.05) is 19.9 Å². The summed E-state index contributed by atoms with van der Waals surface area (Å²) in [7, 11) is 0. The molecule has 0 radical (unpaired) electrons. The molecule has 0 aliphatic heterocycles. The molecule has 0 saturated heterocycles. The molecule has 0 bridgehead atoms. The first-order valence-electron chi connectivity index (χ1n) is 6.15. The zero-order valence-corrected chi connectivity index (χ0v) is 10.2. The summed E-state index contributed by atoms with van der Waals surface area (Å²) in [6.45, 7) is 5.12. The molecular weight excluding hydrogens is 198 g/mol. The molecule has 1 unspecified atom stereocenters. The normalized spacial score (nSPS) is 19.6. The summed E-state index contributed by atoms with van der Waals surface area (Å²) in [5, 5.41) is 0. The van der Waals surface area contributed by atoms with Crippen LogP contribution in [0.4, 0.5) is 0 Å². The van der Waals surface area contributed by atoms with E-state index in [9.17, 15) is 0 Å². The molecule has 1 aliphatic carbocycles. The van der Waals surface area contributed by atoms with Crippen LogP contribution in [0.2, 0.25) is 0 Å². The van der Waals surface area contributed by atoms with Crippen molar-refractivity contribution in [3.63, 3.8) is 0 Å². The molecule has 16 heavy (non-hydrogen) atoms. The average molecular weight is 219 g/mol. The number of hydrogen-bond donors (Lipinski definition) is 1. The third-order valence-corrected chi connectivity index (χ3v) is 3.03. The fourth-order valence-corrected chi connectivity index (χ4v) is 2.11. The molecule has 0 spiro atoms. The summed E-state index contributed by atoms with van der Waals surface area (Å²) in [5.74, 6) is 1.58. The lowest BCUT2D eigenvalue weighted by atomic mass is 9.89. The minimum absolute atomic E-state index is 0.343. The Morgan fingerprint density at radius 1 is 1.38 bits per heavy atom. The van der Waals surface area contributed by atoms with Crippen LogP contribution in [0.25, 0.3) is 0 Å². The fraction of sp³-hybridized carbons (Fsp3) is 0.571. The van der Waals surface area contributed by atoms with Crippen molar-refractivity contribution in [2.75, 3.05) is 6.61 Å². The van der Waals surface area contributed by atoms with Gasteiger partial charge in [0.05, 0.1) is 6.61 Å². The Balaban J connectivity index is 2.07. The summed E-state index contributed by atoms with van der Waals surface area (Å²) >= 11 is 0. The van der Waals surface area contributed by atoms with Crippen LogP contribution < -0.4 is 10.5 Å². The van der Waals surface area contributed by atoms with Crippen LogP contribution in [0, 0.1) is 5.92 Å². The molecule has 1 aromatic carbocycles. The molecule has 2 rings (SSSR count). The van der Waals surface area contributed by atoms with Crippen molar-refractivity contribution in [3.8, 4) is 5.75 Å². The minimum atomic E-state index is 0.343. The lowest BCUT2D eigenvalue weighted by molar-refractivity contribution is 0.270. The van der Waals surface area contributed by atoms with Crippen LogP contribution >= 0.6 is 0 Å². The zero-order chi connectivity index (χ0) is 11.5. The molecule has 1 aromatic rings. The predicted octanol–water partition coefficient (Wildman–Crippen LogP) is 2.54. The Kier molecular flexibility index (Phi) is 3.49. The fourth-order valence-electron chi connectivity index (χ4n) is 2.11. The van der Waals surface area contributed by atoms with E-state index in [1.165, 1.54) is 11.1 Å². The first-order chi connectivity index (χ1) is 7.65. The highest BCUT2D eigenvalue weighted by Crippen LogP contribution is 2.25. The van der Waals surface area contributed by atoms with Crippen molar-refractivity contribution < 1.29 is 4.74 Å². The second-order valence-corrected chi connectivity index (χ2v) is 5.14. The zero-order valence-electron chi connectivity index (χ0n) is 10.2. The SMILES string of the molecule is CC(C)COc1ccc2c(c1)CCC(N)C2. The number of fused-ring (bicyclic) bond motifs is 1. The van der Waals surface area contributed by atoms with Gasteiger partial charge in [0, 0.05) is 6.04 Å². The van der Waals surface area contributed by atoms with Crippen molar-refractivity contribution in [3.05, 3.63) is 29.3 Å². The second kappa shape index (κ2) is 4.88. The standard InChI is InChI=1S/C14H21NO/c1-10(2)9-16-14-6-4-11-7-13(15)5-3-12(11)8-14/h4,6,8,10,13H,3,5,7,9,15H2,1-2H3. The topological polar surface area (TPSA) is 35.2 Å². The Bertz CT molecular complexity index is 360. The maximum absolute atomic E-state index is 5.95. The summed E-state index contributed by atoms with van der Waals surface area (Å²) in [6.07, 6.45) is 3.20. The van der Waals surface area contributed by atoms with Gasteiger partial charge in [0.15, 0.2) is 0 Å². The molecule has 0 saturated carbocycles. The van der Waals surface area contributed by atoms with Crippen molar-refractivity contribution in [1.82, 2.24) is 0 Å². The summed E-state index contributed by atoms with van der Waals surface area (Å²) in [4.78, 5) is 0. The van der Waals surface area contributed by atoms with Crippen molar-refractivity contribution >= 4 is 0 Å². The number of rotatable bonds is 3. The number of benzene rings is 1. The van der Waals surface area contributed by atoms with Crippen LogP contribution in [0.3, 0.4) is 0 Å². The molecule has 2 N–H and O–H groups in total. The average Bonchev–Trinajstić information content (AvgIpc) is 2.26. The third kappa shape index (κ3) is 2.76. The number of aryl methyl sites for hydroxylation is 1. The van der Waals surface area contributed by atoms with Gasteiger partial charge in [0.1, 0.15) is 5.75 Å². The molecule has 0 heterocycles. The Morgan fingerprint density at radius 2 is 2.19 bits per heavy atom. The molecule has 1 atom stereocenters. The number of hydrogen-bond acceptors (Lipinski definition) is 2. The molecule has 0 aromatic heterocycles. The van der Waals surface area contributed by atoms with E-state index in [2.05, 4.69) is 32.0 Å². The Morgan fingerprint density at radius 3 is 2.94 bits per heavy atom. The molecule has 2 nitrogen and oxygen atoms in total. The molecule has 1 aliphatic rings. The quantitative estimate of drug-likeness (QED) is 0.848. The first-order valence-corrected chi connectivity index (χ1v) is 6.15. The van der Waals surface area contributed by atoms with Crippen LogP contribution in [0.15, 0.2) is 18.2 Å². The van der Waals surface area contributed by atoms with Gasteiger partial charge < -0.3 is 10.5 Å². The van der Waals surface area contributed by atoms with Crippen molar-refractivity contribution in [1.29, 1.82) is 0 Å². The highest BCUT2D eigenvalue weighted by Gasteiger charge is 2.15. The first kappa shape index (κ1) is 11.5. The Hall–Kier alpha value is -1.02. The molecule has 88 valence electrons. The van der Waals surface area contributed by atoms with Gasteiger partial charge in [0.25, 0.3) is 0 Å². The van der Waals surface area contributed by atoms with E-state index in [1.54, 1.807) is 0 Å². The summed E-state index contributed by atoms with van der Waals surface area (Å²) in [6, 6.07) is 6.77. The number of nitrogens with two attached hydrogens (primary N) is 1. The van der Waals surface area contributed by atoms with Crippen LogP contribution in [0.1, 0.15) is 31.4 Å². The highest BCUT2D eigenvalue weighted by atomic mass is 16.5. The third-order valence-electron chi connectivity index (χ3n) is 3.03. The van der Waals surface area contributed by atoms with Gasteiger partial charge in [-0.25, -0.2) is 0 Å². The van der Waals surface area contributed by atoms with E-state index < -0.39 is 0 Å². The van der Waals surface area contributed by atoms with Crippen molar-refractivity contribution in [2.24, 2.45) is 11.7 Å². The van der Waals surface area contributed by atoms with E-state index in [0.717, 1.165) is 31.6 Å². The highest BCUT2D eigenvalue weighted by molar-refractivity contribution is 5.37. The lowest BCUT2D eigenvalue weighted by Crippen LogP contribution is -2.27. The van der Waals surface area contributed by atoms with E-state index in [0.29, 0.717) is 12.0 Å². The largest absolute Gasteiger partial charge is 0.493 e.